The Bertz CT molecular complexity index is 1150. The van der Waals surface area contributed by atoms with Crippen LogP contribution in [0.5, 0.6) is 0 Å². The molecule has 8 nitrogen and oxygen atoms in total. The van der Waals surface area contributed by atoms with Gasteiger partial charge in [0.25, 0.3) is 0 Å². The quantitative estimate of drug-likeness (QED) is 0.0451. The van der Waals surface area contributed by atoms with Gasteiger partial charge in [0, 0.05) is 24.3 Å². The summed E-state index contributed by atoms with van der Waals surface area (Å²) < 4.78 is 33.3. The van der Waals surface area contributed by atoms with Crippen molar-refractivity contribution in [2.45, 2.75) is 199 Å². The Hall–Kier alpha value is -1.44. The number of hydrogen-bond acceptors (Lipinski definition) is 8. The molecular weight excluding hydrogens is 665 g/mol. The van der Waals surface area contributed by atoms with Crippen LogP contribution in [0.4, 0.5) is 0 Å². The van der Waals surface area contributed by atoms with Crippen molar-refractivity contribution in [1.82, 2.24) is 0 Å². The van der Waals surface area contributed by atoms with Crippen molar-refractivity contribution in [2.75, 3.05) is 7.11 Å². The fraction of sp³-hybridized carbons (Fsp3) is 0.825. The molecule has 0 bridgehead atoms. The SMILES string of the molecule is C=C[C@H]1C/C(=C\C(=O)OC)C[C@@]2(CC(=O)C(C)(C)[C@H](C[C@@H](C[C@H](CC=O)O[Si](C(C)C)(C(C)C)C(C)C)O[Si](C(C)C)(C(C)C)C(C)C)O2)O1. The van der Waals surface area contributed by atoms with E-state index in [2.05, 4.69) is 89.7 Å². The number of ether oxygens (including phenoxy) is 3. The molecule has 0 saturated carbocycles. The third-order valence-electron chi connectivity index (χ3n) is 11.9. The van der Waals surface area contributed by atoms with E-state index < -0.39 is 46.0 Å². The molecule has 2 heterocycles. The summed E-state index contributed by atoms with van der Waals surface area (Å²) in [6.45, 7) is 35.1. The van der Waals surface area contributed by atoms with Crippen molar-refractivity contribution in [2.24, 2.45) is 5.41 Å². The lowest BCUT2D eigenvalue weighted by Crippen LogP contribution is -2.59. The lowest BCUT2D eigenvalue weighted by atomic mass is 9.73. The standard InChI is InChI=1S/C40H72O8Si2/c1-17-33-20-32(21-38(43)44-16)24-40(45-33)25-36(42)39(14,15)37(46-40)23-35(48-50(29(8)9,30(10)11)31(12)13)22-34(18-19-41)47-49(26(2)3,27(4)5)28(6)7/h17,19,21,26-31,33-35,37H,1,18,20,22-25H2,2-16H3/b32-21+/t33-,34-,35+,37-,40+/m0/s1. The van der Waals surface area contributed by atoms with Gasteiger partial charge in [-0.2, -0.15) is 0 Å². The van der Waals surface area contributed by atoms with E-state index in [0.29, 0.717) is 52.5 Å². The molecular formula is C40H72O8Si2. The number of ketones is 1. The van der Waals surface area contributed by atoms with Crippen LogP contribution >= 0.6 is 0 Å². The van der Waals surface area contributed by atoms with E-state index in [1.165, 1.54) is 13.2 Å². The smallest absolute Gasteiger partial charge is 0.330 e. The molecule has 0 radical (unpaired) electrons. The number of rotatable bonds is 18. The zero-order valence-corrected chi connectivity index (χ0v) is 36.2. The summed E-state index contributed by atoms with van der Waals surface area (Å²) in [6.07, 6.45) is 4.62. The van der Waals surface area contributed by atoms with Crippen LogP contribution in [-0.4, -0.2) is 72.0 Å². The van der Waals surface area contributed by atoms with Gasteiger partial charge in [-0.15, -0.1) is 6.58 Å². The summed E-state index contributed by atoms with van der Waals surface area (Å²) in [4.78, 5) is 38.7. The maximum Gasteiger partial charge on any atom is 0.330 e. The Morgan fingerprint density at radius 1 is 0.840 bits per heavy atom. The average molecular weight is 737 g/mol. The molecule has 0 aromatic rings. The Balaban J connectivity index is 2.70. The lowest BCUT2D eigenvalue weighted by molar-refractivity contribution is -0.309. The third kappa shape index (κ3) is 9.75. The van der Waals surface area contributed by atoms with E-state index in [1.54, 1.807) is 6.08 Å². The van der Waals surface area contributed by atoms with E-state index in [1.807, 2.05) is 13.8 Å². The second kappa shape index (κ2) is 18.1. The van der Waals surface area contributed by atoms with Crippen LogP contribution in [0, 0.1) is 5.41 Å². The molecule has 2 aliphatic rings. The van der Waals surface area contributed by atoms with Crippen molar-refractivity contribution < 1.29 is 37.4 Å². The fourth-order valence-corrected chi connectivity index (χ4v) is 20.7. The van der Waals surface area contributed by atoms with Crippen LogP contribution in [0.2, 0.25) is 33.2 Å². The minimum atomic E-state index is -2.43. The normalized spacial score (nSPS) is 25.4. The fourth-order valence-electron chi connectivity index (χ4n) is 9.54. The van der Waals surface area contributed by atoms with Gasteiger partial charge in [-0.25, -0.2) is 4.79 Å². The second-order valence-corrected chi connectivity index (χ2v) is 28.2. The first-order valence-electron chi connectivity index (χ1n) is 19.2. The summed E-state index contributed by atoms with van der Waals surface area (Å²) in [5.41, 5.74) is 2.05. The minimum Gasteiger partial charge on any atom is -0.466 e. The first kappa shape index (κ1) is 44.7. The highest BCUT2D eigenvalue weighted by atomic mass is 28.4. The summed E-state index contributed by atoms with van der Waals surface area (Å²) in [5, 5.41) is 0. The van der Waals surface area contributed by atoms with Crippen molar-refractivity contribution in [3.05, 3.63) is 24.3 Å². The van der Waals surface area contributed by atoms with E-state index in [0.717, 1.165) is 11.9 Å². The van der Waals surface area contributed by atoms with E-state index in [4.69, 9.17) is 23.1 Å². The molecule has 2 saturated heterocycles. The van der Waals surface area contributed by atoms with E-state index in [9.17, 15) is 14.4 Å². The zero-order chi connectivity index (χ0) is 38.4. The minimum absolute atomic E-state index is 0.0428. The number of carbonyl (C=O) groups is 3. The van der Waals surface area contributed by atoms with Gasteiger partial charge in [0.1, 0.15) is 12.1 Å². The number of Topliss-reactive ketones (excluding diaryl/α,β-unsaturated/α-hetero) is 1. The van der Waals surface area contributed by atoms with Gasteiger partial charge in [-0.05, 0) is 52.5 Å². The summed E-state index contributed by atoms with van der Waals surface area (Å²) in [7, 11) is -3.42. The van der Waals surface area contributed by atoms with Crippen molar-refractivity contribution in [3.63, 3.8) is 0 Å². The summed E-state index contributed by atoms with van der Waals surface area (Å²) in [6, 6.07) is 0. The molecule has 5 atom stereocenters. The maximum absolute atomic E-state index is 14.1. The van der Waals surface area contributed by atoms with Gasteiger partial charge in [0.05, 0.1) is 37.9 Å². The van der Waals surface area contributed by atoms with Crippen LogP contribution in [0.15, 0.2) is 24.3 Å². The van der Waals surface area contributed by atoms with Gasteiger partial charge < -0.3 is 27.9 Å². The first-order valence-corrected chi connectivity index (χ1v) is 23.4. The van der Waals surface area contributed by atoms with Crippen LogP contribution in [0.3, 0.4) is 0 Å². The molecule has 50 heavy (non-hydrogen) atoms. The van der Waals surface area contributed by atoms with Gasteiger partial charge >= 0.3 is 5.97 Å². The van der Waals surface area contributed by atoms with E-state index in [-0.39, 0.29) is 37.3 Å². The zero-order valence-electron chi connectivity index (χ0n) is 34.2. The Kier molecular flexibility index (Phi) is 16.2. The maximum atomic E-state index is 14.1. The number of esters is 1. The molecule has 0 aromatic heterocycles. The molecule has 0 aromatic carbocycles. The van der Waals surface area contributed by atoms with Crippen LogP contribution < -0.4 is 0 Å². The number of methoxy groups -OCH3 is 1. The molecule has 0 unspecified atom stereocenters. The number of aldehydes is 1. The highest BCUT2D eigenvalue weighted by Gasteiger charge is 2.56. The molecule has 0 amide bonds. The van der Waals surface area contributed by atoms with Crippen molar-refractivity contribution in [3.8, 4) is 0 Å². The Morgan fingerprint density at radius 2 is 1.32 bits per heavy atom. The second-order valence-electron chi connectivity index (χ2n) is 17.4. The highest BCUT2D eigenvalue weighted by molar-refractivity contribution is 6.78. The largest absolute Gasteiger partial charge is 0.466 e. The summed E-state index contributed by atoms with van der Waals surface area (Å²) in [5.74, 6) is -1.65. The van der Waals surface area contributed by atoms with Gasteiger partial charge in [0.15, 0.2) is 5.79 Å². The molecule has 288 valence electrons. The van der Waals surface area contributed by atoms with Crippen molar-refractivity contribution >= 4 is 34.7 Å². The molecule has 1 spiro atoms. The molecule has 2 fully saturated rings. The monoisotopic (exact) mass is 736 g/mol. The molecule has 2 aliphatic heterocycles. The summed E-state index contributed by atoms with van der Waals surface area (Å²) >= 11 is 0. The topological polar surface area (TPSA) is 97.4 Å². The average Bonchev–Trinajstić information content (AvgIpc) is 2.99. The number of carbonyl (C=O) groups excluding carboxylic acids is 3. The molecule has 0 N–H and O–H groups in total. The molecule has 10 heteroatoms. The predicted molar refractivity (Wildman–Crippen MR) is 207 cm³/mol. The van der Waals surface area contributed by atoms with E-state index >= 15 is 0 Å². The number of hydrogen-bond donors (Lipinski definition) is 0. The van der Waals surface area contributed by atoms with Gasteiger partial charge in [-0.3, -0.25) is 4.79 Å². The predicted octanol–water partition coefficient (Wildman–Crippen LogP) is 10.0. The molecule has 0 aliphatic carbocycles. The third-order valence-corrected chi connectivity index (χ3v) is 24.3. The van der Waals surface area contributed by atoms with Crippen LogP contribution in [0.1, 0.15) is 135 Å². The van der Waals surface area contributed by atoms with Crippen molar-refractivity contribution in [1.29, 1.82) is 0 Å². The van der Waals surface area contributed by atoms with Crippen LogP contribution in [0.25, 0.3) is 0 Å². The van der Waals surface area contributed by atoms with Gasteiger partial charge in [0.2, 0.25) is 16.6 Å². The molecule has 2 rings (SSSR count). The highest BCUT2D eigenvalue weighted by Crippen LogP contribution is 2.50. The Labute approximate surface area is 307 Å². The lowest BCUT2D eigenvalue weighted by Gasteiger charge is -2.52. The van der Waals surface area contributed by atoms with Gasteiger partial charge in [-0.1, -0.05) is 109 Å². The Morgan fingerprint density at radius 3 is 1.74 bits per heavy atom. The van der Waals surface area contributed by atoms with Crippen LogP contribution in [-0.2, 0) is 37.4 Å². The first-order chi connectivity index (χ1) is 23.1.